The zero-order chi connectivity index (χ0) is 19.9. The third-order valence-electron chi connectivity index (χ3n) is 3.81. The van der Waals surface area contributed by atoms with Crippen LogP contribution in [0.3, 0.4) is 0 Å². The van der Waals surface area contributed by atoms with Gasteiger partial charge in [0.25, 0.3) is 0 Å². The molecule has 1 aromatic heterocycles. The molecule has 1 amide bonds. The van der Waals surface area contributed by atoms with Gasteiger partial charge in [-0.25, -0.2) is 8.78 Å². The van der Waals surface area contributed by atoms with E-state index < -0.39 is 5.82 Å². The quantitative estimate of drug-likeness (QED) is 0.446. The molecule has 2 aromatic carbocycles. The summed E-state index contributed by atoms with van der Waals surface area (Å²) in [4.78, 5) is 12.0. The zero-order valence-corrected chi connectivity index (χ0v) is 15.8. The highest BCUT2D eigenvalue weighted by molar-refractivity contribution is 7.99. The molecular formula is C20H18F2N4OS. The Kier molecular flexibility index (Phi) is 6.54. The lowest BCUT2D eigenvalue weighted by Crippen LogP contribution is -2.12. The third-order valence-corrected chi connectivity index (χ3v) is 4.78. The molecule has 0 saturated carbocycles. The number of nitrogens with zero attached hydrogens (tertiary/aromatic N) is 3. The zero-order valence-electron chi connectivity index (χ0n) is 14.9. The van der Waals surface area contributed by atoms with E-state index in [0.29, 0.717) is 34.5 Å². The molecule has 0 unspecified atom stereocenters. The minimum atomic E-state index is -0.412. The number of nitrogens with one attached hydrogen (secondary N) is 1. The monoisotopic (exact) mass is 400 g/mol. The largest absolute Gasteiger partial charge is 0.326 e. The van der Waals surface area contributed by atoms with Gasteiger partial charge in [0, 0.05) is 24.4 Å². The van der Waals surface area contributed by atoms with Gasteiger partial charge in [0.1, 0.15) is 11.6 Å². The average Bonchev–Trinajstić information content (AvgIpc) is 3.05. The van der Waals surface area contributed by atoms with Gasteiger partial charge in [-0.2, -0.15) is 0 Å². The van der Waals surface area contributed by atoms with E-state index in [-0.39, 0.29) is 18.1 Å². The summed E-state index contributed by atoms with van der Waals surface area (Å²) in [6, 6.07) is 12.1. The van der Waals surface area contributed by atoms with Crippen LogP contribution in [-0.2, 0) is 11.3 Å². The van der Waals surface area contributed by atoms with Gasteiger partial charge in [0.15, 0.2) is 11.0 Å². The van der Waals surface area contributed by atoms with Crippen molar-refractivity contribution in [2.75, 3.05) is 11.1 Å². The molecule has 0 aliphatic carbocycles. The Morgan fingerprint density at radius 3 is 2.75 bits per heavy atom. The van der Waals surface area contributed by atoms with E-state index in [1.54, 1.807) is 34.9 Å². The first-order chi connectivity index (χ1) is 13.6. The Balaban J connectivity index is 1.65. The summed E-state index contributed by atoms with van der Waals surface area (Å²) >= 11 is 1.33. The van der Waals surface area contributed by atoms with Gasteiger partial charge >= 0.3 is 0 Å². The number of carbonyl (C=O) groups excluding carboxylic acids is 1. The topological polar surface area (TPSA) is 59.8 Å². The number of amides is 1. The molecule has 0 bridgehead atoms. The number of aromatic nitrogens is 3. The summed E-state index contributed by atoms with van der Waals surface area (Å²) < 4.78 is 29.0. The van der Waals surface area contributed by atoms with E-state index in [9.17, 15) is 13.6 Å². The maximum atomic E-state index is 14.1. The van der Waals surface area contributed by atoms with Crippen molar-refractivity contribution >= 4 is 23.4 Å². The number of allylic oxidation sites excluding steroid dienone is 1. The molecule has 0 atom stereocenters. The van der Waals surface area contributed by atoms with Crippen LogP contribution in [0.1, 0.15) is 6.42 Å². The molecule has 0 saturated heterocycles. The van der Waals surface area contributed by atoms with Crippen molar-refractivity contribution in [3.05, 3.63) is 72.8 Å². The Labute approximate surface area is 165 Å². The van der Waals surface area contributed by atoms with Gasteiger partial charge in [-0.1, -0.05) is 36.0 Å². The maximum Gasteiger partial charge on any atom is 0.225 e. The van der Waals surface area contributed by atoms with E-state index in [0.717, 1.165) is 0 Å². The molecule has 3 rings (SSSR count). The minimum absolute atomic E-state index is 0.206. The number of hydrogen-bond donors (Lipinski definition) is 1. The Hall–Kier alpha value is -3.00. The first kappa shape index (κ1) is 19.8. The second-order valence-corrected chi connectivity index (χ2v) is 6.90. The summed E-state index contributed by atoms with van der Waals surface area (Å²) in [6.45, 7) is 4.13. The van der Waals surface area contributed by atoms with Crippen LogP contribution in [0, 0.1) is 11.6 Å². The van der Waals surface area contributed by atoms with Crippen molar-refractivity contribution in [2.45, 2.75) is 18.1 Å². The lowest BCUT2D eigenvalue weighted by molar-refractivity contribution is -0.115. The Morgan fingerprint density at radius 2 is 2.00 bits per heavy atom. The number of carbonyl (C=O) groups is 1. The van der Waals surface area contributed by atoms with E-state index in [4.69, 9.17) is 0 Å². The van der Waals surface area contributed by atoms with E-state index in [2.05, 4.69) is 22.1 Å². The van der Waals surface area contributed by atoms with Crippen molar-refractivity contribution in [1.29, 1.82) is 0 Å². The van der Waals surface area contributed by atoms with Crippen LogP contribution in [0.2, 0.25) is 0 Å². The number of anilines is 1. The Morgan fingerprint density at radius 1 is 1.18 bits per heavy atom. The predicted molar refractivity (Wildman–Crippen MR) is 106 cm³/mol. The number of hydrogen-bond acceptors (Lipinski definition) is 4. The van der Waals surface area contributed by atoms with Gasteiger partial charge in [-0.15, -0.1) is 16.8 Å². The lowest BCUT2D eigenvalue weighted by Gasteiger charge is -2.08. The molecular weight excluding hydrogens is 382 g/mol. The number of benzene rings is 2. The molecule has 0 spiro atoms. The highest BCUT2D eigenvalue weighted by Crippen LogP contribution is 2.26. The van der Waals surface area contributed by atoms with Crippen LogP contribution < -0.4 is 5.32 Å². The van der Waals surface area contributed by atoms with Crippen molar-refractivity contribution in [3.8, 4) is 11.4 Å². The fraction of sp³-hybridized carbons (Fsp3) is 0.150. The molecule has 0 aliphatic heterocycles. The maximum absolute atomic E-state index is 14.1. The van der Waals surface area contributed by atoms with Crippen molar-refractivity contribution < 1.29 is 13.6 Å². The summed E-state index contributed by atoms with van der Waals surface area (Å²) in [5, 5.41) is 11.4. The fourth-order valence-corrected chi connectivity index (χ4v) is 3.44. The molecule has 144 valence electrons. The van der Waals surface area contributed by atoms with Gasteiger partial charge in [-0.3, -0.25) is 9.36 Å². The predicted octanol–water partition coefficient (Wildman–Crippen LogP) is 4.53. The Bertz CT molecular complexity index is 990. The minimum Gasteiger partial charge on any atom is -0.326 e. The van der Waals surface area contributed by atoms with Crippen LogP contribution in [0.25, 0.3) is 11.4 Å². The molecule has 0 radical (unpaired) electrons. The summed E-state index contributed by atoms with van der Waals surface area (Å²) in [5.41, 5.74) is 0.763. The second-order valence-electron chi connectivity index (χ2n) is 5.84. The number of rotatable bonds is 8. The van der Waals surface area contributed by atoms with E-state index >= 15 is 0 Å². The summed E-state index contributed by atoms with van der Waals surface area (Å²) in [5.74, 6) is -0.184. The highest BCUT2D eigenvalue weighted by atomic mass is 32.2. The summed E-state index contributed by atoms with van der Waals surface area (Å²) in [6.07, 6.45) is 1.88. The SMILES string of the molecule is C=CCn1c(SCCC(=O)Nc2cccc(F)c2)nnc1-c1ccccc1F. The molecule has 3 aromatic rings. The van der Waals surface area contributed by atoms with Crippen LogP contribution in [0.15, 0.2) is 66.3 Å². The standard InChI is InChI=1S/C20H18F2N4OS/c1-2-11-26-19(16-8-3-4-9-17(16)22)24-25-20(26)28-12-10-18(27)23-15-7-5-6-14(21)13-15/h2-9,13H,1,10-12H2,(H,23,27). The van der Waals surface area contributed by atoms with Gasteiger partial charge in [-0.05, 0) is 30.3 Å². The van der Waals surface area contributed by atoms with E-state index in [1.807, 2.05) is 0 Å². The first-order valence-corrected chi connectivity index (χ1v) is 9.54. The molecule has 1 N–H and O–H groups in total. The molecule has 5 nitrogen and oxygen atoms in total. The average molecular weight is 400 g/mol. The molecule has 0 aliphatic rings. The molecule has 28 heavy (non-hydrogen) atoms. The first-order valence-electron chi connectivity index (χ1n) is 8.55. The smallest absolute Gasteiger partial charge is 0.225 e. The molecule has 1 heterocycles. The van der Waals surface area contributed by atoms with Crippen LogP contribution in [0.4, 0.5) is 14.5 Å². The van der Waals surface area contributed by atoms with Crippen LogP contribution in [0.5, 0.6) is 0 Å². The fourth-order valence-electron chi connectivity index (χ4n) is 2.56. The third kappa shape index (κ3) is 4.83. The van der Waals surface area contributed by atoms with Crippen LogP contribution in [-0.4, -0.2) is 26.4 Å². The van der Waals surface area contributed by atoms with Crippen molar-refractivity contribution in [1.82, 2.24) is 14.8 Å². The molecule has 8 heteroatoms. The van der Waals surface area contributed by atoms with E-state index in [1.165, 1.54) is 36.0 Å². The second kappa shape index (κ2) is 9.27. The van der Waals surface area contributed by atoms with Gasteiger partial charge in [0.05, 0.1) is 5.56 Å². The number of halogens is 2. The molecule has 0 fully saturated rings. The highest BCUT2D eigenvalue weighted by Gasteiger charge is 2.16. The van der Waals surface area contributed by atoms with Crippen molar-refractivity contribution in [2.24, 2.45) is 0 Å². The number of thioether (sulfide) groups is 1. The lowest BCUT2D eigenvalue weighted by atomic mass is 10.2. The van der Waals surface area contributed by atoms with Gasteiger partial charge in [0.2, 0.25) is 5.91 Å². The van der Waals surface area contributed by atoms with Crippen LogP contribution >= 0.6 is 11.8 Å². The van der Waals surface area contributed by atoms with Gasteiger partial charge < -0.3 is 5.32 Å². The van der Waals surface area contributed by atoms with Crippen molar-refractivity contribution in [3.63, 3.8) is 0 Å². The summed E-state index contributed by atoms with van der Waals surface area (Å²) in [7, 11) is 0. The normalized spacial score (nSPS) is 10.6.